The van der Waals surface area contributed by atoms with Crippen molar-refractivity contribution in [3.63, 3.8) is 0 Å². The van der Waals surface area contributed by atoms with Crippen molar-refractivity contribution in [1.29, 1.82) is 0 Å². The molecule has 4 rings (SSSR count). The summed E-state index contributed by atoms with van der Waals surface area (Å²) in [6, 6.07) is 15.3. The van der Waals surface area contributed by atoms with Gasteiger partial charge in [-0.2, -0.15) is 0 Å². The lowest BCUT2D eigenvalue weighted by Crippen LogP contribution is -2.29. The first-order valence-corrected chi connectivity index (χ1v) is 10.8. The molecule has 0 radical (unpaired) electrons. The van der Waals surface area contributed by atoms with Gasteiger partial charge in [-0.25, -0.2) is 4.79 Å². The normalized spacial score (nSPS) is 16.2. The highest BCUT2D eigenvalue weighted by Crippen LogP contribution is 2.35. The molecule has 1 aromatic heterocycles. The monoisotopic (exact) mass is 468 g/mol. The van der Waals surface area contributed by atoms with Gasteiger partial charge in [0.2, 0.25) is 0 Å². The van der Waals surface area contributed by atoms with Gasteiger partial charge >= 0.3 is 5.97 Å². The summed E-state index contributed by atoms with van der Waals surface area (Å²) in [7, 11) is 0. The predicted octanol–water partition coefficient (Wildman–Crippen LogP) is 4.09. The number of H-pyrrole nitrogens is 1. The molecule has 162 valence electrons. The second kappa shape index (κ2) is 9.29. The number of carbonyl (C=O) groups excluding carboxylic acids is 2. The van der Waals surface area contributed by atoms with Crippen LogP contribution in [0.2, 0.25) is 5.02 Å². The van der Waals surface area contributed by atoms with Gasteiger partial charge in [0.1, 0.15) is 0 Å². The number of halogens is 1. The number of hydrogen-bond donors (Lipinski definition) is 2. The Morgan fingerprint density at radius 3 is 2.75 bits per heavy atom. The molecule has 0 atom stereocenters. The van der Waals surface area contributed by atoms with Crippen LogP contribution < -0.4 is 15.9 Å². The number of rotatable bonds is 5. The van der Waals surface area contributed by atoms with E-state index in [2.05, 4.69) is 15.5 Å². The second-order valence-electron chi connectivity index (χ2n) is 6.58. The molecule has 1 aliphatic rings. The molecular formula is C22H17ClN4O4S. The van der Waals surface area contributed by atoms with Gasteiger partial charge in [-0.1, -0.05) is 29.8 Å². The third kappa shape index (κ3) is 4.53. The number of carbonyl (C=O) groups is 2. The van der Waals surface area contributed by atoms with E-state index in [1.807, 2.05) is 6.07 Å². The second-order valence-corrected chi connectivity index (χ2v) is 8.03. The van der Waals surface area contributed by atoms with Crippen LogP contribution in [-0.4, -0.2) is 28.6 Å². The molecule has 0 saturated carbocycles. The highest BCUT2D eigenvalue weighted by Gasteiger charge is 2.35. The molecular weight excluding hydrogens is 452 g/mol. The van der Waals surface area contributed by atoms with Crippen molar-refractivity contribution in [3.05, 3.63) is 81.0 Å². The van der Waals surface area contributed by atoms with Crippen molar-refractivity contribution >= 4 is 62.7 Å². The molecule has 32 heavy (non-hydrogen) atoms. The molecule has 0 aliphatic carbocycles. The van der Waals surface area contributed by atoms with Crippen LogP contribution in [0.4, 0.5) is 11.4 Å². The average molecular weight is 469 g/mol. The molecule has 1 amide bonds. The number of fused-ring (bicyclic) bond motifs is 1. The summed E-state index contributed by atoms with van der Waals surface area (Å²) in [5.74, 6) is -1.02. The number of ether oxygens (including phenoxy) is 1. The number of hydrazone groups is 1. The smallest absolute Gasteiger partial charge is 0.332 e. The summed E-state index contributed by atoms with van der Waals surface area (Å²) < 4.78 is 4.92. The number of nitrogens with zero attached hydrogens (tertiary/aromatic N) is 2. The van der Waals surface area contributed by atoms with Gasteiger partial charge in [-0.3, -0.25) is 19.9 Å². The van der Waals surface area contributed by atoms with Crippen LogP contribution in [0.3, 0.4) is 0 Å². The molecule has 3 aromatic rings. The van der Waals surface area contributed by atoms with E-state index in [0.717, 1.165) is 17.8 Å². The van der Waals surface area contributed by atoms with E-state index in [9.17, 15) is 14.4 Å². The quantitative estimate of drug-likeness (QED) is 0.332. The number of amidine groups is 1. The first-order valence-electron chi connectivity index (χ1n) is 9.58. The van der Waals surface area contributed by atoms with Gasteiger partial charge in [-0.05, 0) is 49.0 Å². The van der Waals surface area contributed by atoms with Gasteiger partial charge in [0.15, 0.2) is 5.17 Å². The Kier molecular flexibility index (Phi) is 6.29. The molecule has 8 nitrogen and oxygen atoms in total. The largest absolute Gasteiger partial charge is 0.463 e. The molecule has 1 fully saturated rings. The van der Waals surface area contributed by atoms with Crippen molar-refractivity contribution in [2.45, 2.75) is 6.92 Å². The molecule has 0 spiro atoms. The van der Waals surface area contributed by atoms with Crippen molar-refractivity contribution in [1.82, 2.24) is 4.98 Å². The number of benzene rings is 2. The van der Waals surface area contributed by atoms with E-state index in [1.165, 1.54) is 11.0 Å². The van der Waals surface area contributed by atoms with E-state index in [1.54, 1.807) is 49.4 Å². The third-order valence-corrected chi connectivity index (χ3v) is 5.64. The molecule has 2 aromatic carbocycles. The van der Waals surface area contributed by atoms with Crippen LogP contribution in [0.5, 0.6) is 0 Å². The van der Waals surface area contributed by atoms with Gasteiger partial charge < -0.3 is 9.72 Å². The number of hydrogen-bond acceptors (Lipinski definition) is 7. The van der Waals surface area contributed by atoms with E-state index in [-0.39, 0.29) is 22.2 Å². The summed E-state index contributed by atoms with van der Waals surface area (Å²) in [6.45, 7) is 1.88. The minimum Gasteiger partial charge on any atom is -0.463 e. The summed E-state index contributed by atoms with van der Waals surface area (Å²) in [6.07, 6.45) is 1.15. The minimum atomic E-state index is -0.610. The predicted molar refractivity (Wildman–Crippen MR) is 127 cm³/mol. The van der Waals surface area contributed by atoms with E-state index in [0.29, 0.717) is 27.3 Å². The van der Waals surface area contributed by atoms with E-state index >= 15 is 0 Å². The fraction of sp³-hybridized carbons (Fsp3) is 0.0909. The van der Waals surface area contributed by atoms with Crippen molar-refractivity contribution in [3.8, 4) is 0 Å². The maximum Gasteiger partial charge on any atom is 0.332 e. The number of thioether (sulfide) groups is 1. The number of esters is 1. The lowest BCUT2D eigenvalue weighted by molar-refractivity contribution is -0.137. The van der Waals surface area contributed by atoms with Gasteiger partial charge in [0, 0.05) is 22.6 Å². The molecule has 2 N–H and O–H groups in total. The van der Waals surface area contributed by atoms with Crippen LogP contribution in [0.1, 0.15) is 6.92 Å². The number of pyridine rings is 1. The van der Waals surface area contributed by atoms with Crippen molar-refractivity contribution in [2.75, 3.05) is 16.9 Å². The summed E-state index contributed by atoms with van der Waals surface area (Å²) in [4.78, 5) is 41.3. The zero-order valence-electron chi connectivity index (χ0n) is 16.8. The highest BCUT2D eigenvalue weighted by atomic mass is 35.5. The van der Waals surface area contributed by atoms with Crippen LogP contribution in [0.25, 0.3) is 10.9 Å². The average Bonchev–Trinajstić information content (AvgIpc) is 3.08. The highest BCUT2D eigenvalue weighted by molar-refractivity contribution is 8.19. The number of aromatic amines is 1. The van der Waals surface area contributed by atoms with E-state index < -0.39 is 11.9 Å². The Bertz CT molecular complexity index is 1320. The minimum absolute atomic E-state index is 0.173. The first kappa shape index (κ1) is 21.7. The number of aromatic nitrogens is 1. The molecule has 0 bridgehead atoms. The van der Waals surface area contributed by atoms with Crippen LogP contribution in [0.15, 0.2) is 75.5 Å². The third-order valence-electron chi connectivity index (χ3n) is 4.43. The zero-order valence-corrected chi connectivity index (χ0v) is 18.4. The van der Waals surface area contributed by atoms with Crippen LogP contribution >= 0.6 is 23.4 Å². The number of anilines is 2. The van der Waals surface area contributed by atoms with E-state index in [4.69, 9.17) is 16.3 Å². The maximum atomic E-state index is 13.0. The van der Waals surface area contributed by atoms with Gasteiger partial charge in [-0.15, -0.1) is 5.10 Å². The number of nitrogens with one attached hydrogen (secondary N) is 2. The van der Waals surface area contributed by atoms with Crippen molar-refractivity contribution < 1.29 is 14.3 Å². The molecule has 1 aliphatic heterocycles. The van der Waals surface area contributed by atoms with Crippen LogP contribution in [0, 0.1) is 0 Å². The van der Waals surface area contributed by atoms with Gasteiger partial charge in [0.25, 0.3) is 11.5 Å². The summed E-state index contributed by atoms with van der Waals surface area (Å²) >= 11 is 7.13. The Labute approximate surface area is 191 Å². The summed E-state index contributed by atoms with van der Waals surface area (Å²) in [5, 5.41) is 5.81. The number of para-hydroxylation sites is 1. The molecule has 0 unspecified atom stereocenters. The first-order chi connectivity index (χ1) is 15.5. The van der Waals surface area contributed by atoms with Crippen molar-refractivity contribution in [2.24, 2.45) is 5.10 Å². The maximum absolute atomic E-state index is 13.0. The lowest BCUT2D eigenvalue weighted by Gasteiger charge is -2.15. The van der Waals surface area contributed by atoms with Gasteiger partial charge in [0.05, 0.1) is 28.4 Å². The lowest BCUT2D eigenvalue weighted by atomic mass is 10.2. The topological polar surface area (TPSA) is 104 Å². The Hall–Kier alpha value is -3.56. The fourth-order valence-corrected chi connectivity index (χ4v) is 4.14. The standard InChI is InChI=1S/C22H17ClN4O4S/c1-2-31-20(29)12-18-21(30)27(14-6-4-3-5-7-14)22(32-18)26-25-17-11-19(28)24-16-9-8-13(23)10-15(16)17/h3-12H,2H2,1H3,(H2,24,25,28)/b18-12-,26-22-. The van der Waals surface area contributed by atoms with Crippen LogP contribution in [-0.2, 0) is 14.3 Å². The number of amides is 1. The molecule has 2 heterocycles. The Balaban J connectivity index is 1.74. The SMILES string of the molecule is CCOC(=O)/C=C1\S/C(=N\Nc2cc(=O)[nH]c3ccc(Cl)cc23)N(c2ccccc2)C1=O. The zero-order chi connectivity index (χ0) is 22.7. The fourth-order valence-electron chi connectivity index (χ4n) is 3.07. The molecule has 1 saturated heterocycles. The Morgan fingerprint density at radius 1 is 1.22 bits per heavy atom. The summed E-state index contributed by atoms with van der Waals surface area (Å²) in [5.41, 5.74) is 4.13. The molecule has 10 heteroatoms. The Morgan fingerprint density at radius 2 is 2.00 bits per heavy atom.